The van der Waals surface area contributed by atoms with Crippen LogP contribution in [0.1, 0.15) is 26.2 Å². The minimum atomic E-state index is -0.191. The average Bonchev–Trinajstić information content (AvgIpc) is 2.64. The Balaban J connectivity index is 1.72. The first kappa shape index (κ1) is 16.6. The summed E-state index contributed by atoms with van der Waals surface area (Å²) in [7, 11) is 0. The average molecular weight is 329 g/mol. The van der Waals surface area contributed by atoms with Crippen LogP contribution in [0.5, 0.6) is 0 Å². The molecular formula is C18H23N3O3. The van der Waals surface area contributed by atoms with Crippen molar-refractivity contribution >= 4 is 16.8 Å². The van der Waals surface area contributed by atoms with E-state index in [-0.39, 0.29) is 30.0 Å². The van der Waals surface area contributed by atoms with Gasteiger partial charge in [-0.1, -0.05) is 19.1 Å². The van der Waals surface area contributed by atoms with Crippen LogP contribution in [0, 0.1) is 5.41 Å². The second-order valence-electron chi connectivity index (χ2n) is 6.59. The molecule has 24 heavy (non-hydrogen) atoms. The zero-order chi connectivity index (χ0) is 17.2. The summed E-state index contributed by atoms with van der Waals surface area (Å²) in [4.78, 5) is 31.0. The predicted octanol–water partition coefficient (Wildman–Crippen LogP) is 1.41. The maximum atomic E-state index is 12.5. The molecule has 3 rings (SSSR count). The third-order valence-corrected chi connectivity index (χ3v) is 5.30. The zero-order valence-electron chi connectivity index (χ0n) is 13.9. The Labute approximate surface area is 140 Å². The number of benzene rings is 1. The van der Waals surface area contributed by atoms with Gasteiger partial charge < -0.3 is 10.0 Å². The molecule has 0 spiro atoms. The van der Waals surface area contributed by atoms with Crippen molar-refractivity contribution in [2.75, 3.05) is 19.7 Å². The number of likely N-dealkylation sites (tertiary alicyclic amines) is 1. The van der Waals surface area contributed by atoms with Crippen molar-refractivity contribution in [2.24, 2.45) is 5.41 Å². The molecule has 2 heterocycles. The third kappa shape index (κ3) is 3.06. The number of aliphatic hydroxyl groups excluding tert-OH is 1. The van der Waals surface area contributed by atoms with Gasteiger partial charge in [0.2, 0.25) is 5.91 Å². The van der Waals surface area contributed by atoms with E-state index >= 15 is 0 Å². The van der Waals surface area contributed by atoms with Gasteiger partial charge in [0, 0.05) is 19.7 Å². The monoisotopic (exact) mass is 329 g/mol. The van der Waals surface area contributed by atoms with Gasteiger partial charge in [0.1, 0.15) is 6.54 Å². The minimum Gasteiger partial charge on any atom is -0.396 e. The van der Waals surface area contributed by atoms with E-state index in [4.69, 9.17) is 0 Å². The van der Waals surface area contributed by atoms with Crippen LogP contribution in [0.4, 0.5) is 0 Å². The molecule has 0 saturated carbocycles. The van der Waals surface area contributed by atoms with Crippen LogP contribution >= 0.6 is 0 Å². The summed E-state index contributed by atoms with van der Waals surface area (Å²) in [5.41, 5.74) is 0.391. The summed E-state index contributed by atoms with van der Waals surface area (Å²) in [5, 5.41) is 10.1. The Hall–Kier alpha value is -2.21. The van der Waals surface area contributed by atoms with Gasteiger partial charge in [-0.25, -0.2) is 4.98 Å². The van der Waals surface area contributed by atoms with Gasteiger partial charge >= 0.3 is 0 Å². The van der Waals surface area contributed by atoms with Crippen molar-refractivity contribution < 1.29 is 9.90 Å². The van der Waals surface area contributed by atoms with Crippen molar-refractivity contribution in [3.63, 3.8) is 0 Å². The van der Waals surface area contributed by atoms with E-state index in [2.05, 4.69) is 11.9 Å². The van der Waals surface area contributed by atoms with Gasteiger partial charge in [0.15, 0.2) is 0 Å². The standard InChI is InChI=1S/C18H23N3O3/c1-2-18(12-22)7-9-20(10-8-18)16(23)11-21-13-19-15-6-4-3-5-14(15)17(21)24/h3-6,13,22H,2,7-12H2,1H3. The van der Waals surface area contributed by atoms with Gasteiger partial charge in [0.25, 0.3) is 5.56 Å². The van der Waals surface area contributed by atoms with Crippen molar-refractivity contribution in [1.82, 2.24) is 14.5 Å². The van der Waals surface area contributed by atoms with Crippen LogP contribution in [0.3, 0.4) is 0 Å². The van der Waals surface area contributed by atoms with E-state index in [0.717, 1.165) is 19.3 Å². The van der Waals surface area contributed by atoms with E-state index in [1.54, 1.807) is 23.1 Å². The molecule has 1 aromatic carbocycles. The number of hydrogen-bond acceptors (Lipinski definition) is 4. The molecule has 2 aromatic rings. The van der Waals surface area contributed by atoms with E-state index < -0.39 is 0 Å². The normalized spacial score (nSPS) is 17.2. The molecule has 0 atom stereocenters. The largest absolute Gasteiger partial charge is 0.396 e. The summed E-state index contributed by atoms with van der Waals surface area (Å²) in [6.45, 7) is 3.51. The van der Waals surface area contributed by atoms with E-state index in [1.165, 1.54) is 10.9 Å². The number of aromatic nitrogens is 2. The lowest BCUT2D eigenvalue weighted by Crippen LogP contribution is -2.46. The first-order chi connectivity index (χ1) is 11.6. The number of rotatable bonds is 4. The number of hydrogen-bond donors (Lipinski definition) is 1. The topological polar surface area (TPSA) is 75.4 Å². The Kier molecular flexibility index (Phi) is 4.66. The number of piperidine rings is 1. The molecule has 1 amide bonds. The molecule has 1 fully saturated rings. The highest BCUT2D eigenvalue weighted by Crippen LogP contribution is 2.34. The SMILES string of the molecule is CCC1(CO)CCN(C(=O)Cn2cnc3ccccc3c2=O)CC1. The van der Waals surface area contributed by atoms with Gasteiger partial charge in [-0.05, 0) is 36.8 Å². The van der Waals surface area contributed by atoms with Crippen LogP contribution in [-0.2, 0) is 11.3 Å². The van der Waals surface area contributed by atoms with Gasteiger partial charge in [0.05, 0.1) is 17.2 Å². The molecule has 128 valence electrons. The fourth-order valence-electron chi connectivity index (χ4n) is 3.32. The molecule has 6 heteroatoms. The van der Waals surface area contributed by atoms with Crippen molar-refractivity contribution in [3.8, 4) is 0 Å². The number of carbonyl (C=O) groups excluding carboxylic acids is 1. The minimum absolute atomic E-state index is 0.00885. The Morgan fingerprint density at radius 3 is 2.67 bits per heavy atom. The number of amides is 1. The van der Waals surface area contributed by atoms with E-state index in [0.29, 0.717) is 24.0 Å². The molecular weight excluding hydrogens is 306 g/mol. The van der Waals surface area contributed by atoms with Crippen LogP contribution in [-0.4, -0.2) is 45.2 Å². The highest BCUT2D eigenvalue weighted by atomic mass is 16.3. The van der Waals surface area contributed by atoms with Gasteiger partial charge in [-0.3, -0.25) is 14.2 Å². The molecule has 1 saturated heterocycles. The van der Waals surface area contributed by atoms with Crippen LogP contribution in [0.15, 0.2) is 35.4 Å². The van der Waals surface area contributed by atoms with Crippen molar-refractivity contribution in [3.05, 3.63) is 40.9 Å². The van der Waals surface area contributed by atoms with Gasteiger partial charge in [-0.2, -0.15) is 0 Å². The number of carbonyl (C=O) groups is 1. The summed E-state index contributed by atoms with van der Waals surface area (Å²) in [6, 6.07) is 7.14. The first-order valence-electron chi connectivity index (χ1n) is 8.41. The third-order valence-electron chi connectivity index (χ3n) is 5.30. The lowest BCUT2D eigenvalue weighted by atomic mass is 9.77. The molecule has 1 aromatic heterocycles. The summed E-state index contributed by atoms with van der Waals surface area (Å²) in [6.07, 6.45) is 3.96. The maximum absolute atomic E-state index is 12.5. The fourth-order valence-corrected chi connectivity index (χ4v) is 3.32. The molecule has 0 unspecified atom stereocenters. The van der Waals surface area contributed by atoms with Crippen LogP contribution in [0.25, 0.3) is 10.9 Å². The van der Waals surface area contributed by atoms with Crippen molar-refractivity contribution in [2.45, 2.75) is 32.7 Å². The Morgan fingerprint density at radius 1 is 1.29 bits per heavy atom. The molecule has 0 bridgehead atoms. The van der Waals surface area contributed by atoms with E-state index in [9.17, 15) is 14.7 Å². The number of aliphatic hydroxyl groups is 1. The number of fused-ring (bicyclic) bond motifs is 1. The van der Waals surface area contributed by atoms with Gasteiger partial charge in [-0.15, -0.1) is 0 Å². The number of nitrogens with zero attached hydrogens (tertiary/aromatic N) is 3. The molecule has 1 aliphatic heterocycles. The summed E-state index contributed by atoms with van der Waals surface area (Å²) < 4.78 is 1.37. The fraction of sp³-hybridized carbons (Fsp3) is 0.500. The van der Waals surface area contributed by atoms with Crippen LogP contribution in [0.2, 0.25) is 0 Å². The second kappa shape index (κ2) is 6.73. The molecule has 0 aliphatic carbocycles. The Morgan fingerprint density at radius 2 is 2.00 bits per heavy atom. The second-order valence-corrected chi connectivity index (χ2v) is 6.59. The first-order valence-corrected chi connectivity index (χ1v) is 8.41. The van der Waals surface area contributed by atoms with Crippen LogP contribution < -0.4 is 5.56 Å². The predicted molar refractivity (Wildman–Crippen MR) is 91.6 cm³/mol. The zero-order valence-corrected chi connectivity index (χ0v) is 13.9. The summed E-state index contributed by atoms with van der Waals surface area (Å²) in [5.74, 6) is -0.0724. The number of para-hydroxylation sites is 1. The lowest BCUT2D eigenvalue weighted by molar-refractivity contribution is -0.134. The maximum Gasteiger partial charge on any atom is 0.261 e. The molecule has 1 aliphatic rings. The Bertz CT molecular complexity index is 785. The highest BCUT2D eigenvalue weighted by Gasteiger charge is 2.33. The lowest BCUT2D eigenvalue weighted by Gasteiger charge is -2.40. The highest BCUT2D eigenvalue weighted by molar-refractivity contribution is 5.79. The smallest absolute Gasteiger partial charge is 0.261 e. The van der Waals surface area contributed by atoms with E-state index in [1.807, 2.05) is 6.07 Å². The molecule has 6 nitrogen and oxygen atoms in total. The summed E-state index contributed by atoms with van der Waals surface area (Å²) >= 11 is 0. The molecule has 1 N–H and O–H groups in total. The molecule has 0 radical (unpaired) electrons. The quantitative estimate of drug-likeness (QED) is 0.920. The van der Waals surface area contributed by atoms with Crippen molar-refractivity contribution in [1.29, 1.82) is 0 Å².